The Morgan fingerprint density at radius 1 is 1.17 bits per heavy atom. The number of rotatable bonds is 7. The van der Waals surface area contributed by atoms with Crippen molar-refractivity contribution in [2.24, 2.45) is 0 Å². The van der Waals surface area contributed by atoms with Gasteiger partial charge >= 0.3 is 0 Å². The number of carbonyl (C=O) groups excluding carboxylic acids is 1. The van der Waals surface area contributed by atoms with E-state index in [2.05, 4.69) is 15.5 Å². The van der Waals surface area contributed by atoms with Gasteiger partial charge in [0.05, 0.1) is 16.4 Å². The van der Waals surface area contributed by atoms with Crippen LogP contribution in [0.5, 0.6) is 0 Å². The topological polar surface area (TPSA) is 103 Å². The number of nitro groups is 1. The number of nitrogens with zero attached hydrogens (tertiary/aromatic N) is 4. The van der Waals surface area contributed by atoms with Crippen LogP contribution >= 0.6 is 11.8 Å². The standard InChI is InChI=1S/C20H21N5O3S/c1-4-24-19(15-8-5-13(2)6-9-15)22-23-20(24)29-12-18(26)21-17-11-16(25(27)28)10-7-14(17)3/h5-11H,4,12H2,1-3H3,(H,21,26). The van der Waals surface area contributed by atoms with E-state index in [4.69, 9.17) is 0 Å². The van der Waals surface area contributed by atoms with E-state index >= 15 is 0 Å². The molecule has 0 saturated heterocycles. The number of benzene rings is 2. The minimum Gasteiger partial charge on any atom is -0.325 e. The predicted octanol–water partition coefficient (Wildman–Crippen LogP) is 4.22. The van der Waals surface area contributed by atoms with Gasteiger partial charge in [-0.15, -0.1) is 10.2 Å². The molecule has 0 unspecified atom stereocenters. The summed E-state index contributed by atoms with van der Waals surface area (Å²) in [5.41, 5.74) is 3.26. The number of thioether (sulfide) groups is 1. The van der Waals surface area contributed by atoms with Gasteiger partial charge in [-0.3, -0.25) is 14.9 Å². The zero-order chi connectivity index (χ0) is 21.0. The average molecular weight is 411 g/mol. The van der Waals surface area contributed by atoms with E-state index in [0.29, 0.717) is 17.4 Å². The first-order valence-corrected chi connectivity index (χ1v) is 10.1. The number of anilines is 1. The fraction of sp³-hybridized carbons (Fsp3) is 0.250. The Morgan fingerprint density at radius 2 is 1.90 bits per heavy atom. The van der Waals surface area contributed by atoms with E-state index in [-0.39, 0.29) is 17.3 Å². The van der Waals surface area contributed by atoms with Crippen molar-refractivity contribution in [1.82, 2.24) is 14.8 Å². The predicted molar refractivity (Wildman–Crippen MR) is 113 cm³/mol. The van der Waals surface area contributed by atoms with Crippen LogP contribution in [0.25, 0.3) is 11.4 Å². The van der Waals surface area contributed by atoms with Gasteiger partial charge in [0, 0.05) is 24.2 Å². The van der Waals surface area contributed by atoms with Gasteiger partial charge in [0.1, 0.15) is 0 Å². The fourth-order valence-electron chi connectivity index (χ4n) is 2.77. The Morgan fingerprint density at radius 3 is 2.55 bits per heavy atom. The molecule has 1 aromatic heterocycles. The maximum Gasteiger partial charge on any atom is 0.271 e. The highest BCUT2D eigenvalue weighted by atomic mass is 32.2. The summed E-state index contributed by atoms with van der Waals surface area (Å²) in [6.07, 6.45) is 0. The lowest BCUT2D eigenvalue weighted by atomic mass is 10.1. The third-order valence-corrected chi connectivity index (χ3v) is 5.35. The summed E-state index contributed by atoms with van der Waals surface area (Å²) in [6, 6.07) is 12.4. The molecule has 1 N–H and O–H groups in total. The van der Waals surface area contributed by atoms with E-state index in [0.717, 1.165) is 17.0 Å². The number of aryl methyl sites for hydroxylation is 2. The number of hydrogen-bond donors (Lipinski definition) is 1. The highest BCUT2D eigenvalue weighted by Gasteiger charge is 2.16. The van der Waals surface area contributed by atoms with E-state index < -0.39 is 4.92 Å². The zero-order valence-corrected chi connectivity index (χ0v) is 17.2. The minimum absolute atomic E-state index is 0.0629. The molecule has 3 aromatic rings. The van der Waals surface area contributed by atoms with Crippen LogP contribution < -0.4 is 5.32 Å². The molecule has 29 heavy (non-hydrogen) atoms. The van der Waals surface area contributed by atoms with Crippen LogP contribution in [0.2, 0.25) is 0 Å². The number of aromatic nitrogens is 3. The third kappa shape index (κ3) is 4.80. The van der Waals surface area contributed by atoms with Crippen molar-refractivity contribution in [2.75, 3.05) is 11.1 Å². The van der Waals surface area contributed by atoms with Gasteiger partial charge in [0.15, 0.2) is 11.0 Å². The summed E-state index contributed by atoms with van der Waals surface area (Å²) in [5.74, 6) is 0.611. The Labute approximate surface area is 172 Å². The van der Waals surface area contributed by atoms with E-state index in [1.165, 1.54) is 29.5 Å². The highest BCUT2D eigenvalue weighted by molar-refractivity contribution is 7.99. The summed E-state index contributed by atoms with van der Waals surface area (Å²) in [4.78, 5) is 22.8. The van der Waals surface area contributed by atoms with Crippen molar-refractivity contribution in [1.29, 1.82) is 0 Å². The zero-order valence-electron chi connectivity index (χ0n) is 16.4. The maximum absolute atomic E-state index is 12.4. The molecule has 0 bridgehead atoms. The van der Waals surface area contributed by atoms with Gasteiger partial charge in [-0.05, 0) is 26.3 Å². The molecule has 0 aliphatic rings. The van der Waals surface area contributed by atoms with Crippen molar-refractivity contribution < 1.29 is 9.72 Å². The van der Waals surface area contributed by atoms with E-state index in [9.17, 15) is 14.9 Å². The summed E-state index contributed by atoms with van der Waals surface area (Å²) < 4.78 is 1.96. The molecule has 9 heteroatoms. The van der Waals surface area contributed by atoms with Gasteiger partial charge in [-0.2, -0.15) is 0 Å². The smallest absolute Gasteiger partial charge is 0.271 e. The summed E-state index contributed by atoms with van der Waals surface area (Å²) in [7, 11) is 0. The third-order valence-electron chi connectivity index (χ3n) is 4.38. The molecule has 0 saturated carbocycles. The molecule has 0 atom stereocenters. The lowest BCUT2D eigenvalue weighted by molar-refractivity contribution is -0.384. The van der Waals surface area contributed by atoms with Crippen molar-refractivity contribution in [3.63, 3.8) is 0 Å². The second-order valence-electron chi connectivity index (χ2n) is 6.51. The van der Waals surface area contributed by atoms with Gasteiger partial charge in [0.2, 0.25) is 5.91 Å². The number of carbonyl (C=O) groups is 1. The minimum atomic E-state index is -0.486. The molecule has 150 valence electrons. The van der Waals surface area contributed by atoms with Crippen molar-refractivity contribution in [3.05, 3.63) is 63.7 Å². The van der Waals surface area contributed by atoms with Crippen LogP contribution in [-0.4, -0.2) is 31.3 Å². The largest absolute Gasteiger partial charge is 0.325 e. The molecule has 8 nitrogen and oxygen atoms in total. The lowest BCUT2D eigenvalue weighted by Crippen LogP contribution is -2.15. The van der Waals surface area contributed by atoms with Crippen molar-refractivity contribution >= 4 is 29.0 Å². The van der Waals surface area contributed by atoms with Crippen LogP contribution in [0.1, 0.15) is 18.1 Å². The Balaban J connectivity index is 1.70. The summed E-state index contributed by atoms with van der Waals surface area (Å²) in [5, 5.41) is 22.8. The summed E-state index contributed by atoms with van der Waals surface area (Å²) in [6.45, 7) is 6.48. The van der Waals surface area contributed by atoms with Crippen molar-refractivity contribution in [3.8, 4) is 11.4 Å². The quantitative estimate of drug-likeness (QED) is 0.355. The molecular formula is C20H21N5O3S. The Hall–Kier alpha value is -3.20. The first-order valence-electron chi connectivity index (χ1n) is 9.07. The highest BCUT2D eigenvalue weighted by Crippen LogP contribution is 2.25. The van der Waals surface area contributed by atoms with Crippen LogP contribution in [0.15, 0.2) is 47.6 Å². The maximum atomic E-state index is 12.4. The van der Waals surface area contributed by atoms with Crippen LogP contribution in [0.4, 0.5) is 11.4 Å². The number of hydrogen-bond acceptors (Lipinski definition) is 6. The normalized spacial score (nSPS) is 10.7. The van der Waals surface area contributed by atoms with Gasteiger partial charge < -0.3 is 9.88 Å². The number of amides is 1. The SMILES string of the molecule is CCn1c(SCC(=O)Nc2cc([N+](=O)[O-])ccc2C)nnc1-c1ccc(C)cc1. The van der Waals surface area contributed by atoms with Crippen LogP contribution in [0, 0.1) is 24.0 Å². The van der Waals surface area contributed by atoms with Crippen LogP contribution in [0.3, 0.4) is 0 Å². The van der Waals surface area contributed by atoms with Gasteiger partial charge in [-0.1, -0.05) is 47.7 Å². The lowest BCUT2D eigenvalue weighted by Gasteiger charge is -2.09. The first kappa shape index (κ1) is 20.5. The number of nitro benzene ring substituents is 1. The molecule has 2 aromatic carbocycles. The van der Waals surface area contributed by atoms with Crippen molar-refractivity contribution in [2.45, 2.75) is 32.5 Å². The molecule has 0 aliphatic carbocycles. The summed E-state index contributed by atoms with van der Waals surface area (Å²) >= 11 is 1.28. The van der Waals surface area contributed by atoms with E-state index in [1.54, 1.807) is 13.0 Å². The monoisotopic (exact) mass is 411 g/mol. The second-order valence-corrected chi connectivity index (χ2v) is 7.45. The van der Waals surface area contributed by atoms with Gasteiger partial charge in [0.25, 0.3) is 5.69 Å². The Bertz CT molecular complexity index is 1050. The fourth-order valence-corrected chi connectivity index (χ4v) is 3.57. The number of nitrogens with one attached hydrogen (secondary N) is 1. The van der Waals surface area contributed by atoms with E-state index in [1.807, 2.05) is 42.7 Å². The van der Waals surface area contributed by atoms with Gasteiger partial charge in [-0.25, -0.2) is 0 Å². The molecule has 0 fully saturated rings. The Kier molecular flexibility index (Phi) is 6.28. The molecular weight excluding hydrogens is 390 g/mol. The molecule has 0 aliphatic heterocycles. The molecule has 3 rings (SSSR count). The second kappa shape index (κ2) is 8.87. The molecule has 1 heterocycles. The van der Waals surface area contributed by atoms with Crippen LogP contribution in [-0.2, 0) is 11.3 Å². The molecule has 1 amide bonds. The number of non-ortho nitro benzene ring substituents is 1. The first-order chi connectivity index (χ1) is 13.9. The molecule has 0 radical (unpaired) electrons. The average Bonchev–Trinajstić information content (AvgIpc) is 3.11. The molecule has 0 spiro atoms.